The minimum absolute atomic E-state index is 0.0457. The second-order valence-electron chi connectivity index (χ2n) is 17.8. The van der Waals surface area contributed by atoms with Gasteiger partial charge in [-0.2, -0.15) is 0 Å². The van der Waals surface area contributed by atoms with Crippen LogP contribution in [0.4, 0.5) is 11.4 Å². The number of benzene rings is 2. The maximum Gasteiger partial charge on any atom is 0.0413 e. The lowest BCUT2D eigenvalue weighted by molar-refractivity contribution is -0.0439. The molecule has 4 heteroatoms. The summed E-state index contributed by atoms with van der Waals surface area (Å²) in [5.41, 5.74) is 10.0. The summed E-state index contributed by atoms with van der Waals surface area (Å²) in [4.78, 5) is 7.46. The van der Waals surface area contributed by atoms with Gasteiger partial charge in [-0.05, 0) is 117 Å². The highest BCUT2D eigenvalue weighted by molar-refractivity contribution is 5.64. The van der Waals surface area contributed by atoms with Crippen molar-refractivity contribution in [2.75, 3.05) is 45.5 Å². The van der Waals surface area contributed by atoms with E-state index < -0.39 is 0 Å². The van der Waals surface area contributed by atoms with E-state index in [0.717, 1.165) is 13.0 Å². The van der Waals surface area contributed by atoms with Crippen LogP contribution in [0.25, 0.3) is 0 Å². The Morgan fingerprint density at radius 3 is 1.74 bits per heavy atom. The molecule has 4 nitrogen and oxygen atoms in total. The molecular weight excluding hydrogens is 524 g/mol. The molecule has 242 valence electrons. The Labute approximate surface area is 266 Å². The molecule has 2 aromatic carbocycles. The van der Waals surface area contributed by atoms with Gasteiger partial charge in [-0.1, -0.05) is 73.6 Å². The first kappa shape index (κ1) is 35.4. The summed E-state index contributed by atoms with van der Waals surface area (Å²) in [5.74, 6) is 0. The number of nitrogens with zero attached hydrogens (tertiary/aromatic N) is 3. The molecule has 43 heavy (non-hydrogen) atoms. The third-order valence-electron chi connectivity index (χ3n) is 10.3. The largest absolute Gasteiger partial charge is 0.388 e. The summed E-state index contributed by atoms with van der Waals surface area (Å²) in [7, 11) is 11.1. The summed E-state index contributed by atoms with van der Waals surface area (Å²) in [6.45, 7) is 29.4. The number of hydrogen-bond donors (Lipinski definition) is 1. The first-order valence-corrected chi connectivity index (χ1v) is 16.5. The summed E-state index contributed by atoms with van der Waals surface area (Å²) >= 11 is 0. The molecule has 0 atom stereocenters. The van der Waals surface area contributed by atoms with Crippen molar-refractivity contribution >= 4 is 11.4 Å². The van der Waals surface area contributed by atoms with Crippen molar-refractivity contribution in [1.29, 1.82) is 0 Å². The lowest BCUT2D eigenvalue weighted by Gasteiger charge is -2.55. The SMILES string of the molecule is CNc1c(C(C)(C)C)cc(C(C)(C)C)cc1C(C)(C)Cc1cc(CN(C)C2CC(C)(C)N(C)C(C)(C)C2)cc(N(C)C)c1. The van der Waals surface area contributed by atoms with E-state index in [0.29, 0.717) is 6.04 Å². The van der Waals surface area contributed by atoms with Crippen molar-refractivity contribution in [2.24, 2.45) is 0 Å². The fourth-order valence-electron chi connectivity index (χ4n) is 7.32. The Kier molecular flexibility index (Phi) is 9.93. The molecule has 1 aliphatic rings. The molecule has 0 bridgehead atoms. The van der Waals surface area contributed by atoms with Gasteiger partial charge in [-0.25, -0.2) is 0 Å². The van der Waals surface area contributed by atoms with E-state index in [-0.39, 0.29) is 27.3 Å². The van der Waals surface area contributed by atoms with E-state index in [1.165, 1.54) is 52.0 Å². The minimum atomic E-state index is -0.0598. The molecule has 1 aliphatic heterocycles. The minimum Gasteiger partial charge on any atom is -0.388 e. The average Bonchev–Trinajstić information content (AvgIpc) is 2.84. The molecular formula is C39H66N4. The highest BCUT2D eigenvalue weighted by Gasteiger charge is 2.44. The molecule has 3 rings (SSSR count). The Balaban J connectivity index is 2.03. The van der Waals surface area contributed by atoms with Crippen LogP contribution >= 0.6 is 0 Å². The molecule has 1 heterocycles. The van der Waals surface area contributed by atoms with Crippen molar-refractivity contribution < 1.29 is 0 Å². The Hall–Kier alpha value is -2.04. The zero-order valence-corrected chi connectivity index (χ0v) is 31.1. The van der Waals surface area contributed by atoms with Crippen LogP contribution in [-0.2, 0) is 29.2 Å². The molecule has 1 N–H and O–H groups in total. The predicted octanol–water partition coefficient (Wildman–Crippen LogP) is 8.99. The Bertz CT molecular complexity index is 1250. The van der Waals surface area contributed by atoms with Crippen LogP contribution in [0.15, 0.2) is 30.3 Å². The third kappa shape index (κ3) is 7.98. The number of likely N-dealkylation sites (tertiary alicyclic amines) is 1. The molecule has 1 fully saturated rings. The molecule has 0 amide bonds. The van der Waals surface area contributed by atoms with Crippen molar-refractivity contribution in [3.8, 4) is 0 Å². The Morgan fingerprint density at radius 1 is 0.767 bits per heavy atom. The topological polar surface area (TPSA) is 21.8 Å². The molecule has 0 spiro atoms. The lowest BCUT2D eigenvalue weighted by Crippen LogP contribution is -2.62. The van der Waals surface area contributed by atoms with Crippen molar-refractivity contribution in [3.63, 3.8) is 0 Å². The van der Waals surface area contributed by atoms with Gasteiger partial charge < -0.3 is 10.2 Å². The standard InChI is InChI=1S/C39H66N4/c1-35(2,3)29-21-32(36(4,5)6)34(40-13)33(22-29)37(7,8)23-27-18-28(20-30(19-27)41(14)15)26-42(16)31-24-38(9,10)43(17)39(11,12)25-31/h18-22,31,40H,23-26H2,1-17H3. The van der Waals surface area contributed by atoms with E-state index in [9.17, 15) is 0 Å². The van der Waals surface area contributed by atoms with Crippen LogP contribution in [0, 0.1) is 0 Å². The maximum absolute atomic E-state index is 3.64. The molecule has 0 radical (unpaired) electrons. The monoisotopic (exact) mass is 591 g/mol. The third-order valence-corrected chi connectivity index (χ3v) is 10.3. The fraction of sp³-hybridized carbons (Fsp3) is 0.692. The summed E-state index contributed by atoms with van der Waals surface area (Å²) < 4.78 is 0. The van der Waals surface area contributed by atoms with E-state index in [4.69, 9.17) is 0 Å². The van der Waals surface area contributed by atoms with Crippen molar-refractivity contribution in [1.82, 2.24) is 9.80 Å². The highest BCUT2D eigenvalue weighted by Crippen LogP contribution is 2.43. The predicted molar refractivity (Wildman–Crippen MR) is 191 cm³/mol. The number of rotatable bonds is 8. The smallest absolute Gasteiger partial charge is 0.0413 e. The molecule has 0 aliphatic carbocycles. The first-order valence-electron chi connectivity index (χ1n) is 16.5. The first-order chi connectivity index (χ1) is 19.4. The molecule has 0 aromatic heterocycles. The van der Waals surface area contributed by atoms with Crippen LogP contribution in [0.2, 0.25) is 0 Å². The van der Waals surface area contributed by atoms with Gasteiger partial charge in [0.25, 0.3) is 0 Å². The zero-order valence-electron chi connectivity index (χ0n) is 31.1. The van der Waals surface area contributed by atoms with Crippen LogP contribution in [0.3, 0.4) is 0 Å². The van der Waals surface area contributed by atoms with E-state index in [1.54, 1.807) is 0 Å². The van der Waals surface area contributed by atoms with E-state index >= 15 is 0 Å². The van der Waals surface area contributed by atoms with Gasteiger partial charge in [-0.15, -0.1) is 0 Å². The van der Waals surface area contributed by atoms with E-state index in [1.807, 2.05) is 0 Å². The maximum atomic E-state index is 3.64. The fourth-order valence-corrected chi connectivity index (χ4v) is 7.32. The second kappa shape index (κ2) is 12.0. The summed E-state index contributed by atoms with van der Waals surface area (Å²) in [6, 6.07) is 12.8. The van der Waals surface area contributed by atoms with Gasteiger partial charge in [0.05, 0.1) is 0 Å². The number of piperidine rings is 1. The van der Waals surface area contributed by atoms with Gasteiger partial charge in [0.2, 0.25) is 0 Å². The normalized spacial score (nSPS) is 18.3. The summed E-state index contributed by atoms with van der Waals surface area (Å²) in [6.07, 6.45) is 3.35. The lowest BCUT2D eigenvalue weighted by atomic mass is 9.71. The molecule has 0 saturated carbocycles. The number of anilines is 2. The Morgan fingerprint density at radius 2 is 1.28 bits per heavy atom. The van der Waals surface area contributed by atoms with Crippen molar-refractivity contribution in [2.45, 2.75) is 142 Å². The van der Waals surface area contributed by atoms with E-state index in [2.05, 4.69) is 169 Å². The van der Waals surface area contributed by atoms with Gasteiger partial charge >= 0.3 is 0 Å². The van der Waals surface area contributed by atoms with Gasteiger partial charge in [0, 0.05) is 56.2 Å². The quantitative estimate of drug-likeness (QED) is 0.331. The molecule has 2 aromatic rings. The van der Waals surface area contributed by atoms with Crippen LogP contribution in [0.1, 0.15) is 124 Å². The zero-order chi connectivity index (χ0) is 32.9. The number of hydrogen-bond acceptors (Lipinski definition) is 4. The van der Waals surface area contributed by atoms with Gasteiger partial charge in [0.1, 0.15) is 0 Å². The van der Waals surface area contributed by atoms with Crippen LogP contribution in [-0.4, -0.2) is 62.2 Å². The molecule has 0 unspecified atom stereocenters. The summed E-state index contributed by atoms with van der Waals surface area (Å²) in [5, 5.41) is 3.64. The van der Waals surface area contributed by atoms with Gasteiger partial charge in [-0.3, -0.25) is 9.80 Å². The van der Waals surface area contributed by atoms with Crippen molar-refractivity contribution in [3.05, 3.63) is 58.1 Å². The van der Waals surface area contributed by atoms with Crippen LogP contribution < -0.4 is 10.2 Å². The number of nitrogens with one attached hydrogen (secondary N) is 1. The molecule has 1 saturated heterocycles. The van der Waals surface area contributed by atoms with Gasteiger partial charge in [0.15, 0.2) is 0 Å². The average molecular weight is 591 g/mol. The van der Waals surface area contributed by atoms with Crippen LogP contribution in [0.5, 0.6) is 0 Å². The second-order valence-corrected chi connectivity index (χ2v) is 17.8. The highest BCUT2D eigenvalue weighted by atomic mass is 15.3.